The third kappa shape index (κ3) is 3.84. The molecule has 12 rings (SSSR count). The van der Waals surface area contributed by atoms with E-state index in [1.165, 1.54) is 107 Å². The molecule has 288 valence electrons. The van der Waals surface area contributed by atoms with Crippen LogP contribution in [0.4, 0.5) is 39.8 Å². The monoisotopic (exact) mass is 763 g/mol. The first-order chi connectivity index (χ1) is 27.2. The van der Waals surface area contributed by atoms with Crippen LogP contribution in [0.5, 0.6) is 0 Å². The second-order valence-electron chi connectivity index (χ2n) is 21.5. The van der Waals surface area contributed by atoms with Crippen LogP contribution in [0, 0.1) is 0 Å². The fourth-order valence-corrected chi connectivity index (χ4v) is 17.4. The molecular weight excluding hydrogens is 705 g/mol. The predicted molar refractivity (Wildman–Crippen MR) is 247 cm³/mol. The van der Waals surface area contributed by atoms with Gasteiger partial charge in [-0.05, 0) is 113 Å². The number of benzene rings is 5. The maximum absolute atomic E-state index is 2.97. The maximum Gasteiger partial charge on any atom is 0.252 e. The fourth-order valence-electron chi connectivity index (χ4n) is 14.4. The molecule has 7 aliphatic rings. The molecule has 0 bridgehead atoms. The van der Waals surface area contributed by atoms with Crippen molar-refractivity contribution in [1.29, 1.82) is 0 Å². The third-order valence-corrected chi connectivity index (χ3v) is 21.2. The van der Waals surface area contributed by atoms with Crippen LogP contribution in [0.2, 0.25) is 13.1 Å². The number of hydrogen-bond donors (Lipinski definition) is 0. The van der Waals surface area contributed by atoms with Crippen LogP contribution >= 0.6 is 0 Å². The number of nitrogens with zero attached hydrogens (tertiary/aromatic N) is 3. The molecule has 5 aromatic rings. The topological polar surface area (TPSA) is 9.72 Å². The quantitative estimate of drug-likeness (QED) is 0.158. The summed E-state index contributed by atoms with van der Waals surface area (Å²) >= 11 is 0. The number of hydrogen-bond acceptors (Lipinski definition) is 3. The summed E-state index contributed by atoms with van der Waals surface area (Å²) in [6.45, 7) is 23.2. The highest BCUT2D eigenvalue weighted by molar-refractivity contribution is 7.03. The van der Waals surface area contributed by atoms with Gasteiger partial charge in [-0.25, -0.2) is 0 Å². The minimum absolute atomic E-state index is 0.0105. The first-order valence-electron chi connectivity index (χ1n) is 22.3. The zero-order valence-electron chi connectivity index (χ0n) is 35.7. The van der Waals surface area contributed by atoms with E-state index >= 15 is 0 Å². The van der Waals surface area contributed by atoms with Gasteiger partial charge >= 0.3 is 0 Å². The molecule has 0 saturated heterocycles. The van der Waals surface area contributed by atoms with Crippen molar-refractivity contribution in [3.05, 3.63) is 108 Å². The Balaban J connectivity index is 1.24. The average Bonchev–Trinajstić information content (AvgIpc) is 3.54. The van der Waals surface area contributed by atoms with Crippen molar-refractivity contribution in [2.75, 3.05) is 14.7 Å². The molecule has 2 aliphatic carbocycles. The van der Waals surface area contributed by atoms with E-state index in [4.69, 9.17) is 0 Å². The fraction of sp³-hybridized carbons (Fsp3) is 0.423. The van der Waals surface area contributed by atoms with Gasteiger partial charge in [0, 0.05) is 45.0 Å². The third-order valence-electron chi connectivity index (χ3n) is 17.6. The summed E-state index contributed by atoms with van der Waals surface area (Å²) in [5, 5.41) is 3.06. The van der Waals surface area contributed by atoms with E-state index in [0.717, 1.165) is 0 Å². The lowest BCUT2D eigenvalue weighted by Crippen LogP contribution is -2.66. The van der Waals surface area contributed by atoms with E-state index in [9.17, 15) is 0 Å². The van der Waals surface area contributed by atoms with Crippen LogP contribution < -0.4 is 41.5 Å². The van der Waals surface area contributed by atoms with E-state index in [1.807, 2.05) is 0 Å². The largest absolute Gasteiger partial charge is 0.335 e. The van der Waals surface area contributed by atoms with E-state index in [-0.39, 0.29) is 34.0 Å². The number of anilines is 7. The van der Waals surface area contributed by atoms with Crippen molar-refractivity contribution < 1.29 is 0 Å². The Morgan fingerprint density at radius 2 is 1.12 bits per heavy atom. The average molecular weight is 764 g/mol. The SMILES string of the molecule is CC(C)(C)c1ccc2c3c1C1(C)CCCCC1(C)N3c1cc(N3c4ccccc4[Si](C)(C)c4ccccc43)cc3c1B2c1cccc2c1N3C1(C)CCCCC21C. The number of rotatable bonds is 1. The Morgan fingerprint density at radius 3 is 1.75 bits per heavy atom. The zero-order chi connectivity index (χ0) is 39.2. The first kappa shape index (κ1) is 34.8. The lowest BCUT2D eigenvalue weighted by atomic mass is 9.33. The highest BCUT2D eigenvalue weighted by Gasteiger charge is 2.65. The summed E-state index contributed by atoms with van der Waals surface area (Å²) in [5.74, 6) is 0. The van der Waals surface area contributed by atoms with E-state index < -0.39 is 8.07 Å². The van der Waals surface area contributed by atoms with Crippen molar-refractivity contribution in [2.24, 2.45) is 0 Å². The van der Waals surface area contributed by atoms with Gasteiger partial charge < -0.3 is 14.7 Å². The van der Waals surface area contributed by atoms with Gasteiger partial charge in [-0.15, -0.1) is 0 Å². The Kier molecular flexibility index (Phi) is 6.52. The molecule has 0 amide bonds. The molecule has 4 unspecified atom stereocenters. The molecule has 0 aromatic heterocycles. The molecule has 5 heteroatoms. The molecule has 5 aromatic carbocycles. The predicted octanol–water partition coefficient (Wildman–Crippen LogP) is 10.2. The van der Waals surface area contributed by atoms with Crippen LogP contribution in [-0.4, -0.2) is 25.9 Å². The summed E-state index contributed by atoms with van der Waals surface area (Å²) in [4.78, 5) is 8.58. The second kappa shape index (κ2) is 10.7. The van der Waals surface area contributed by atoms with Gasteiger partial charge in [0.05, 0.1) is 16.8 Å². The lowest BCUT2D eigenvalue weighted by Gasteiger charge is -2.55. The summed E-state index contributed by atoms with van der Waals surface area (Å²) in [5.41, 5.74) is 19.5. The van der Waals surface area contributed by atoms with Crippen molar-refractivity contribution in [2.45, 2.75) is 140 Å². The van der Waals surface area contributed by atoms with E-state index in [0.29, 0.717) is 0 Å². The minimum Gasteiger partial charge on any atom is -0.335 e. The zero-order valence-corrected chi connectivity index (χ0v) is 36.7. The first-order valence-corrected chi connectivity index (χ1v) is 25.3. The lowest BCUT2D eigenvalue weighted by molar-refractivity contribution is 0.193. The molecule has 4 atom stereocenters. The van der Waals surface area contributed by atoms with Gasteiger partial charge in [-0.1, -0.05) is 140 Å². The molecule has 2 fully saturated rings. The Morgan fingerprint density at radius 1 is 0.579 bits per heavy atom. The van der Waals surface area contributed by atoms with Gasteiger partial charge in [0.15, 0.2) is 0 Å². The highest BCUT2D eigenvalue weighted by Crippen LogP contribution is 2.66. The summed E-state index contributed by atoms with van der Waals surface area (Å²) < 4.78 is 0. The summed E-state index contributed by atoms with van der Waals surface area (Å²) in [6.07, 6.45) is 10.1. The standard InChI is InChI=1S/C52H58BN3Si/c1-48(2,3)34-25-26-37-47-44(34)50(5)28-15-17-30-52(50,7)56(47)41-32-33(54-38-21-10-12-23-42(38)57(8,9)43-24-13-11-22-39(43)54)31-40-45(41)53(37)36-20-18-19-35-46(36)55(40)51(6)29-16-14-27-49(35,51)4/h10-13,18-26,31-32H,14-17,27-30H2,1-9H3. The Hall–Kier alpha value is -4.22. The van der Waals surface area contributed by atoms with Crippen LogP contribution in [0.1, 0.15) is 117 Å². The van der Waals surface area contributed by atoms with Crippen LogP contribution in [0.3, 0.4) is 0 Å². The highest BCUT2D eigenvalue weighted by atomic mass is 28.3. The van der Waals surface area contributed by atoms with Crippen molar-refractivity contribution in [3.63, 3.8) is 0 Å². The molecule has 0 spiro atoms. The Labute approximate surface area is 342 Å². The molecular formula is C52H58BN3Si. The molecule has 5 heterocycles. The van der Waals surface area contributed by atoms with Crippen LogP contribution in [0.15, 0.2) is 91.0 Å². The van der Waals surface area contributed by atoms with Crippen molar-refractivity contribution >= 4 is 81.4 Å². The molecule has 0 N–H and O–H groups in total. The molecule has 5 aliphatic heterocycles. The maximum atomic E-state index is 2.97. The van der Waals surface area contributed by atoms with Gasteiger partial charge in [0.25, 0.3) is 6.71 Å². The van der Waals surface area contributed by atoms with Crippen LogP contribution in [-0.2, 0) is 16.2 Å². The van der Waals surface area contributed by atoms with Crippen molar-refractivity contribution in [3.8, 4) is 0 Å². The molecule has 2 saturated carbocycles. The number of fused-ring (bicyclic) bond motifs is 12. The van der Waals surface area contributed by atoms with E-state index in [2.05, 4.69) is 167 Å². The van der Waals surface area contributed by atoms with Gasteiger partial charge in [0.2, 0.25) is 0 Å². The molecule has 0 radical (unpaired) electrons. The molecule has 57 heavy (non-hydrogen) atoms. The normalized spacial score (nSPS) is 29.2. The van der Waals surface area contributed by atoms with Crippen LogP contribution in [0.25, 0.3) is 0 Å². The molecule has 3 nitrogen and oxygen atoms in total. The van der Waals surface area contributed by atoms with Crippen molar-refractivity contribution in [1.82, 2.24) is 0 Å². The second-order valence-corrected chi connectivity index (χ2v) is 25.9. The smallest absolute Gasteiger partial charge is 0.252 e. The minimum atomic E-state index is -1.95. The number of para-hydroxylation sites is 3. The van der Waals surface area contributed by atoms with Gasteiger partial charge in [-0.3, -0.25) is 0 Å². The Bertz CT molecular complexity index is 2570. The van der Waals surface area contributed by atoms with Gasteiger partial charge in [-0.2, -0.15) is 0 Å². The summed E-state index contributed by atoms with van der Waals surface area (Å²) in [6, 6.07) is 36.7. The van der Waals surface area contributed by atoms with Gasteiger partial charge in [0.1, 0.15) is 8.07 Å². The van der Waals surface area contributed by atoms with E-state index in [1.54, 1.807) is 27.8 Å². The summed E-state index contributed by atoms with van der Waals surface area (Å²) in [7, 11) is -1.95.